The highest BCUT2D eigenvalue weighted by atomic mass is 35.5. The summed E-state index contributed by atoms with van der Waals surface area (Å²) in [5.41, 5.74) is 0.977. The number of likely N-dealkylation sites (N-methyl/N-ethyl adjacent to an activating group) is 1. The highest BCUT2D eigenvalue weighted by Gasteiger charge is 2.22. The van der Waals surface area contributed by atoms with E-state index in [0.29, 0.717) is 12.5 Å². The lowest BCUT2D eigenvalue weighted by molar-refractivity contribution is -0.130. The van der Waals surface area contributed by atoms with Crippen LogP contribution in [-0.4, -0.2) is 42.0 Å². The standard InChI is InChI=1S/C12H17N3O.ClH/c1-15(11-4-6-14-9-11)12(16)7-10-3-2-5-13-8-10;/h2-3,5,8,11,14H,4,6-7,9H2,1H3;1H. The summed E-state index contributed by atoms with van der Waals surface area (Å²) in [7, 11) is 1.89. The molecule has 1 amide bonds. The number of aromatic nitrogens is 1. The Kier molecular flexibility index (Phi) is 5.38. The summed E-state index contributed by atoms with van der Waals surface area (Å²) in [5, 5.41) is 3.27. The van der Waals surface area contributed by atoms with E-state index < -0.39 is 0 Å². The van der Waals surface area contributed by atoms with Gasteiger partial charge in [0.15, 0.2) is 0 Å². The van der Waals surface area contributed by atoms with Crippen LogP contribution in [0.4, 0.5) is 0 Å². The fraction of sp³-hybridized carbons (Fsp3) is 0.500. The molecule has 1 aliphatic heterocycles. The SMILES string of the molecule is CN(C(=O)Cc1cccnc1)C1CCNC1.Cl. The Labute approximate surface area is 108 Å². The van der Waals surface area contributed by atoms with Crippen molar-refractivity contribution in [2.75, 3.05) is 20.1 Å². The third kappa shape index (κ3) is 3.68. The second kappa shape index (κ2) is 6.57. The van der Waals surface area contributed by atoms with E-state index in [9.17, 15) is 4.79 Å². The Hall–Kier alpha value is -1.13. The lowest BCUT2D eigenvalue weighted by Gasteiger charge is -2.23. The van der Waals surface area contributed by atoms with Gasteiger partial charge in [-0.25, -0.2) is 0 Å². The van der Waals surface area contributed by atoms with Crippen LogP contribution in [0.3, 0.4) is 0 Å². The monoisotopic (exact) mass is 255 g/mol. The van der Waals surface area contributed by atoms with E-state index in [0.717, 1.165) is 25.1 Å². The first-order chi connectivity index (χ1) is 7.77. The first-order valence-electron chi connectivity index (χ1n) is 5.62. The predicted octanol–water partition coefficient (Wildman–Crippen LogP) is 0.866. The number of carbonyl (C=O) groups is 1. The van der Waals surface area contributed by atoms with Gasteiger partial charge in [0.25, 0.3) is 0 Å². The van der Waals surface area contributed by atoms with Crippen molar-refractivity contribution >= 4 is 18.3 Å². The molecule has 1 unspecified atom stereocenters. The summed E-state index contributed by atoms with van der Waals surface area (Å²) in [4.78, 5) is 17.8. The first kappa shape index (κ1) is 13.9. The Balaban J connectivity index is 0.00000144. The fourth-order valence-corrected chi connectivity index (χ4v) is 1.98. The Morgan fingerprint density at radius 1 is 1.65 bits per heavy atom. The van der Waals surface area contributed by atoms with Crippen LogP contribution in [0.15, 0.2) is 24.5 Å². The second-order valence-corrected chi connectivity index (χ2v) is 4.19. The molecule has 0 aliphatic carbocycles. The minimum absolute atomic E-state index is 0. The van der Waals surface area contributed by atoms with Gasteiger partial charge in [-0.3, -0.25) is 9.78 Å². The smallest absolute Gasteiger partial charge is 0.227 e. The van der Waals surface area contributed by atoms with Crippen LogP contribution in [0.5, 0.6) is 0 Å². The number of hydrogen-bond donors (Lipinski definition) is 1. The van der Waals surface area contributed by atoms with Crippen molar-refractivity contribution in [1.29, 1.82) is 0 Å². The van der Waals surface area contributed by atoms with Gasteiger partial charge in [0, 0.05) is 32.0 Å². The lowest BCUT2D eigenvalue weighted by Crippen LogP contribution is -2.39. The molecule has 0 saturated carbocycles. The van der Waals surface area contributed by atoms with Crippen LogP contribution in [0, 0.1) is 0 Å². The summed E-state index contributed by atoms with van der Waals surface area (Å²) in [6.07, 6.45) is 4.97. The maximum Gasteiger partial charge on any atom is 0.227 e. The Bertz CT molecular complexity index is 352. The van der Waals surface area contributed by atoms with E-state index in [1.165, 1.54) is 0 Å². The predicted molar refractivity (Wildman–Crippen MR) is 69.2 cm³/mol. The van der Waals surface area contributed by atoms with Gasteiger partial charge >= 0.3 is 0 Å². The van der Waals surface area contributed by atoms with E-state index in [1.54, 1.807) is 12.4 Å². The van der Waals surface area contributed by atoms with Crippen molar-refractivity contribution in [3.63, 3.8) is 0 Å². The molecule has 2 rings (SSSR count). The molecular formula is C12H18ClN3O. The molecule has 5 heteroatoms. The maximum absolute atomic E-state index is 12.0. The molecule has 1 N–H and O–H groups in total. The van der Waals surface area contributed by atoms with Crippen LogP contribution in [0.1, 0.15) is 12.0 Å². The van der Waals surface area contributed by atoms with Crippen molar-refractivity contribution in [2.45, 2.75) is 18.9 Å². The number of nitrogens with zero attached hydrogens (tertiary/aromatic N) is 2. The average Bonchev–Trinajstić information content (AvgIpc) is 2.83. The van der Waals surface area contributed by atoms with Crippen LogP contribution in [0.2, 0.25) is 0 Å². The summed E-state index contributed by atoms with van der Waals surface area (Å²) in [5.74, 6) is 0.168. The third-order valence-corrected chi connectivity index (χ3v) is 3.05. The van der Waals surface area contributed by atoms with Crippen LogP contribution < -0.4 is 5.32 Å². The van der Waals surface area contributed by atoms with Gasteiger partial charge < -0.3 is 10.2 Å². The number of hydrogen-bond acceptors (Lipinski definition) is 3. The highest BCUT2D eigenvalue weighted by Crippen LogP contribution is 2.08. The molecule has 4 nitrogen and oxygen atoms in total. The molecule has 1 fully saturated rings. The van der Waals surface area contributed by atoms with Gasteiger partial charge in [0.05, 0.1) is 6.42 Å². The number of pyridine rings is 1. The molecule has 0 spiro atoms. The molecule has 0 aromatic carbocycles. The molecule has 1 aromatic rings. The third-order valence-electron chi connectivity index (χ3n) is 3.05. The van der Waals surface area contributed by atoms with Gasteiger partial charge in [-0.05, 0) is 24.6 Å². The normalized spacial score (nSPS) is 18.5. The molecule has 2 heterocycles. The molecule has 0 radical (unpaired) electrons. The molecule has 1 saturated heterocycles. The van der Waals surface area contributed by atoms with E-state index in [2.05, 4.69) is 10.3 Å². The van der Waals surface area contributed by atoms with E-state index >= 15 is 0 Å². The zero-order chi connectivity index (χ0) is 11.4. The summed E-state index contributed by atoms with van der Waals surface area (Å²) in [6, 6.07) is 4.15. The van der Waals surface area contributed by atoms with E-state index in [1.807, 2.05) is 24.1 Å². The molecule has 0 bridgehead atoms. The largest absolute Gasteiger partial charge is 0.341 e. The number of carbonyl (C=O) groups excluding carboxylic acids is 1. The maximum atomic E-state index is 12.0. The molecular weight excluding hydrogens is 238 g/mol. The second-order valence-electron chi connectivity index (χ2n) is 4.19. The fourth-order valence-electron chi connectivity index (χ4n) is 1.98. The van der Waals surface area contributed by atoms with Gasteiger partial charge in [-0.15, -0.1) is 12.4 Å². The zero-order valence-corrected chi connectivity index (χ0v) is 10.7. The minimum Gasteiger partial charge on any atom is -0.341 e. The number of halogens is 1. The summed E-state index contributed by atoms with van der Waals surface area (Å²) < 4.78 is 0. The highest BCUT2D eigenvalue weighted by molar-refractivity contribution is 5.85. The summed E-state index contributed by atoms with van der Waals surface area (Å²) in [6.45, 7) is 1.92. The molecule has 94 valence electrons. The average molecular weight is 256 g/mol. The van der Waals surface area contributed by atoms with Crippen molar-refractivity contribution < 1.29 is 4.79 Å². The van der Waals surface area contributed by atoms with E-state index in [-0.39, 0.29) is 18.3 Å². The first-order valence-corrected chi connectivity index (χ1v) is 5.62. The van der Waals surface area contributed by atoms with Crippen LogP contribution in [0.25, 0.3) is 0 Å². The van der Waals surface area contributed by atoms with Gasteiger partial charge in [0.1, 0.15) is 0 Å². The van der Waals surface area contributed by atoms with Crippen molar-refractivity contribution in [3.05, 3.63) is 30.1 Å². The summed E-state index contributed by atoms with van der Waals surface area (Å²) >= 11 is 0. The van der Waals surface area contributed by atoms with Crippen molar-refractivity contribution in [1.82, 2.24) is 15.2 Å². The molecule has 1 aliphatic rings. The van der Waals surface area contributed by atoms with Gasteiger partial charge in [-0.2, -0.15) is 0 Å². The minimum atomic E-state index is 0. The molecule has 1 aromatic heterocycles. The van der Waals surface area contributed by atoms with Crippen molar-refractivity contribution in [2.24, 2.45) is 0 Å². The molecule has 1 atom stereocenters. The van der Waals surface area contributed by atoms with E-state index in [4.69, 9.17) is 0 Å². The van der Waals surface area contributed by atoms with Gasteiger partial charge in [-0.1, -0.05) is 6.07 Å². The Morgan fingerprint density at radius 3 is 3.06 bits per heavy atom. The Morgan fingerprint density at radius 2 is 2.47 bits per heavy atom. The molecule has 17 heavy (non-hydrogen) atoms. The number of rotatable bonds is 3. The quantitative estimate of drug-likeness (QED) is 0.872. The number of amides is 1. The van der Waals surface area contributed by atoms with Gasteiger partial charge in [0.2, 0.25) is 5.91 Å². The van der Waals surface area contributed by atoms with Crippen LogP contribution >= 0.6 is 12.4 Å². The lowest BCUT2D eigenvalue weighted by atomic mass is 10.1. The van der Waals surface area contributed by atoms with Crippen LogP contribution in [-0.2, 0) is 11.2 Å². The zero-order valence-electron chi connectivity index (χ0n) is 9.93. The van der Waals surface area contributed by atoms with Crippen molar-refractivity contribution in [3.8, 4) is 0 Å². The topological polar surface area (TPSA) is 45.2 Å². The number of nitrogens with one attached hydrogen (secondary N) is 1.